The van der Waals surface area contributed by atoms with E-state index in [4.69, 9.17) is 20.2 Å². The van der Waals surface area contributed by atoms with Gasteiger partial charge in [0.15, 0.2) is 0 Å². The van der Waals surface area contributed by atoms with Gasteiger partial charge in [-0.2, -0.15) is 9.78 Å². The summed E-state index contributed by atoms with van der Waals surface area (Å²) in [6, 6.07) is -0.363. The van der Waals surface area contributed by atoms with E-state index in [-0.39, 0.29) is 6.03 Å². The number of carbonyl (C=O) groups is 1. The minimum Gasteiger partial charge on any atom is -0.351 e. The van der Waals surface area contributed by atoms with Crippen LogP contribution in [-0.4, -0.2) is 35.6 Å². The zero-order chi connectivity index (χ0) is 14.9. The van der Waals surface area contributed by atoms with E-state index in [2.05, 4.69) is 0 Å². The molecule has 2 N–H and O–H groups in total. The van der Waals surface area contributed by atoms with Crippen LogP contribution < -0.4 is 5.73 Å². The van der Waals surface area contributed by atoms with Gasteiger partial charge in [-0.05, 0) is 43.9 Å². The Balaban J connectivity index is 1.36. The summed E-state index contributed by atoms with van der Waals surface area (Å²) in [6.07, 6.45) is 7.58. The summed E-state index contributed by atoms with van der Waals surface area (Å²) in [7, 11) is 0. The molecule has 2 amide bonds. The molecule has 22 heavy (non-hydrogen) atoms. The second kappa shape index (κ2) is 4.36. The fraction of sp³-hybridized carbons (Fsp3) is 0.938. The quantitative estimate of drug-likeness (QED) is 0.695. The number of nitrogens with zero attached hydrogens (tertiary/aromatic N) is 1. The monoisotopic (exact) mass is 308 g/mol. The number of ether oxygens (including phenoxy) is 1. The van der Waals surface area contributed by atoms with Crippen molar-refractivity contribution in [2.45, 2.75) is 56.5 Å². The topological polar surface area (TPSA) is 74.0 Å². The Morgan fingerprint density at radius 2 is 1.55 bits per heavy atom. The number of hydrogen-bond donors (Lipinski definition) is 1. The molecule has 6 rings (SSSR count). The molecule has 2 saturated heterocycles. The smallest absolute Gasteiger partial charge is 0.314 e. The maximum absolute atomic E-state index is 11.3. The molecule has 0 atom stereocenters. The van der Waals surface area contributed by atoms with Crippen LogP contribution in [0.4, 0.5) is 4.79 Å². The Morgan fingerprint density at radius 1 is 0.955 bits per heavy atom. The van der Waals surface area contributed by atoms with Crippen molar-refractivity contribution in [3.8, 4) is 0 Å². The van der Waals surface area contributed by atoms with Gasteiger partial charge in [0.05, 0.1) is 0 Å². The first-order valence-electron chi connectivity index (χ1n) is 8.70. The highest BCUT2D eigenvalue weighted by Gasteiger charge is 2.66. The average molecular weight is 308 g/mol. The summed E-state index contributed by atoms with van der Waals surface area (Å²) >= 11 is 0. The number of hydrogen-bond acceptors (Lipinski definition) is 4. The van der Waals surface area contributed by atoms with Gasteiger partial charge in [0.1, 0.15) is 0 Å². The van der Waals surface area contributed by atoms with Gasteiger partial charge in [0.2, 0.25) is 11.6 Å². The molecule has 6 fully saturated rings. The van der Waals surface area contributed by atoms with Crippen molar-refractivity contribution in [1.29, 1.82) is 0 Å². The van der Waals surface area contributed by atoms with E-state index in [1.165, 1.54) is 32.1 Å². The third-order valence-electron chi connectivity index (χ3n) is 6.78. The second-order valence-corrected chi connectivity index (χ2v) is 8.03. The van der Waals surface area contributed by atoms with Gasteiger partial charge in [0.25, 0.3) is 0 Å². The van der Waals surface area contributed by atoms with Gasteiger partial charge >= 0.3 is 6.03 Å². The number of nitrogens with two attached hydrogens (primary N) is 1. The van der Waals surface area contributed by atoms with Crippen LogP contribution in [0.1, 0.15) is 44.9 Å². The van der Waals surface area contributed by atoms with Crippen molar-refractivity contribution in [2.75, 3.05) is 13.1 Å². The van der Waals surface area contributed by atoms with Gasteiger partial charge in [-0.3, -0.25) is 0 Å². The van der Waals surface area contributed by atoms with Crippen molar-refractivity contribution in [3.63, 3.8) is 0 Å². The van der Waals surface area contributed by atoms with E-state index in [9.17, 15) is 4.79 Å². The van der Waals surface area contributed by atoms with Gasteiger partial charge in [-0.1, -0.05) is 0 Å². The molecular weight excluding hydrogens is 284 g/mol. The van der Waals surface area contributed by atoms with E-state index in [1.54, 1.807) is 4.90 Å². The van der Waals surface area contributed by atoms with Crippen LogP contribution in [-0.2, 0) is 14.5 Å². The number of likely N-dealkylation sites (tertiary alicyclic amines) is 1. The summed E-state index contributed by atoms with van der Waals surface area (Å²) < 4.78 is 6.56. The number of urea groups is 1. The summed E-state index contributed by atoms with van der Waals surface area (Å²) in [4.78, 5) is 24.7. The molecule has 6 nitrogen and oxygen atoms in total. The van der Waals surface area contributed by atoms with Crippen LogP contribution in [0.5, 0.6) is 0 Å². The van der Waals surface area contributed by atoms with Gasteiger partial charge in [-0.15, -0.1) is 0 Å². The zero-order valence-electron chi connectivity index (χ0n) is 12.8. The maximum atomic E-state index is 11.3. The minimum absolute atomic E-state index is 0.363. The van der Waals surface area contributed by atoms with Crippen LogP contribution in [0.3, 0.4) is 0 Å². The molecule has 122 valence electrons. The van der Waals surface area contributed by atoms with Crippen molar-refractivity contribution in [2.24, 2.45) is 29.4 Å². The van der Waals surface area contributed by atoms with Crippen molar-refractivity contribution >= 4 is 6.03 Å². The average Bonchev–Trinajstić information content (AvgIpc) is 2.85. The van der Waals surface area contributed by atoms with E-state index in [0.717, 1.165) is 11.8 Å². The number of piperidine rings is 1. The largest absolute Gasteiger partial charge is 0.351 e. The molecule has 4 aliphatic carbocycles. The second-order valence-electron chi connectivity index (χ2n) is 8.03. The third kappa shape index (κ3) is 1.74. The van der Waals surface area contributed by atoms with Crippen LogP contribution in [0.25, 0.3) is 0 Å². The highest BCUT2D eigenvalue weighted by Crippen LogP contribution is 2.63. The first kappa shape index (κ1) is 13.6. The molecule has 0 aromatic carbocycles. The first-order chi connectivity index (χ1) is 10.6. The predicted octanol–water partition coefficient (Wildman–Crippen LogP) is 1.99. The fourth-order valence-electron chi connectivity index (χ4n) is 5.86. The molecule has 0 aromatic rings. The van der Waals surface area contributed by atoms with Crippen molar-refractivity contribution in [1.82, 2.24) is 4.90 Å². The molecule has 0 unspecified atom stereocenters. The Morgan fingerprint density at radius 3 is 2.09 bits per heavy atom. The SMILES string of the molecule is NC(=O)N1CCC2(CC1)OOC1(O2)C2CC3CC(C2)CC1C3. The number of amides is 2. The predicted molar refractivity (Wildman–Crippen MR) is 76.2 cm³/mol. The van der Waals surface area contributed by atoms with E-state index in [1.807, 2.05) is 0 Å². The van der Waals surface area contributed by atoms with Gasteiger partial charge in [-0.25, -0.2) is 4.79 Å². The van der Waals surface area contributed by atoms with Gasteiger partial charge < -0.3 is 15.4 Å². The highest BCUT2D eigenvalue weighted by atomic mass is 17.3. The summed E-state index contributed by atoms with van der Waals surface area (Å²) in [6.45, 7) is 1.16. The highest BCUT2D eigenvalue weighted by molar-refractivity contribution is 5.72. The number of carbonyl (C=O) groups excluding carboxylic acids is 1. The third-order valence-corrected chi connectivity index (χ3v) is 6.78. The molecular formula is C16H24N2O4. The Kier molecular flexibility index (Phi) is 2.69. The van der Waals surface area contributed by atoms with Crippen LogP contribution in [0.2, 0.25) is 0 Å². The zero-order valence-corrected chi connectivity index (χ0v) is 12.8. The Labute approximate surface area is 130 Å². The molecule has 0 radical (unpaired) electrons. The lowest BCUT2D eigenvalue weighted by Gasteiger charge is -2.57. The summed E-state index contributed by atoms with van der Waals surface area (Å²) in [5.41, 5.74) is 5.36. The number of rotatable bonds is 0. The Hall–Kier alpha value is -0.850. The number of primary amides is 1. The van der Waals surface area contributed by atoms with Crippen molar-refractivity contribution in [3.05, 3.63) is 0 Å². The lowest BCUT2D eigenvalue weighted by molar-refractivity contribution is -0.390. The fourth-order valence-corrected chi connectivity index (χ4v) is 5.86. The molecule has 0 aromatic heterocycles. The lowest BCUT2D eigenvalue weighted by atomic mass is 9.53. The molecule has 4 bridgehead atoms. The van der Waals surface area contributed by atoms with Crippen LogP contribution >= 0.6 is 0 Å². The standard InChI is InChI=1S/C16H24N2O4/c17-14(19)18-3-1-15(2-4-18)20-16(22-21-15)12-6-10-5-11(8-12)9-13(16)7-10/h10-13H,1-9H2,(H2,17,19). The molecule has 2 spiro atoms. The maximum Gasteiger partial charge on any atom is 0.314 e. The van der Waals surface area contributed by atoms with E-state index in [0.29, 0.717) is 37.8 Å². The summed E-state index contributed by atoms with van der Waals surface area (Å²) in [5, 5.41) is 0. The summed E-state index contributed by atoms with van der Waals surface area (Å²) in [5.74, 6) is 1.53. The first-order valence-corrected chi connectivity index (χ1v) is 8.70. The molecule has 6 heteroatoms. The van der Waals surface area contributed by atoms with E-state index >= 15 is 0 Å². The van der Waals surface area contributed by atoms with E-state index < -0.39 is 11.6 Å². The lowest BCUT2D eigenvalue weighted by Crippen LogP contribution is -2.59. The van der Waals surface area contributed by atoms with Crippen LogP contribution in [0.15, 0.2) is 0 Å². The van der Waals surface area contributed by atoms with Crippen LogP contribution in [0, 0.1) is 23.7 Å². The molecule has 6 aliphatic rings. The molecule has 2 aliphatic heterocycles. The Bertz CT molecular complexity index is 472. The normalized spacial score (nSPS) is 48.5. The molecule has 4 saturated carbocycles. The molecule has 2 heterocycles. The van der Waals surface area contributed by atoms with Crippen molar-refractivity contribution < 1.29 is 19.3 Å². The minimum atomic E-state index is -0.665. The van der Waals surface area contributed by atoms with Gasteiger partial charge in [0, 0.05) is 37.8 Å².